The molecule has 20 heavy (non-hydrogen) atoms. The van der Waals surface area contributed by atoms with Gasteiger partial charge in [0.1, 0.15) is 5.82 Å². The van der Waals surface area contributed by atoms with Crippen molar-refractivity contribution < 1.29 is 4.39 Å². The molecule has 0 aromatic carbocycles. The molecule has 4 unspecified atom stereocenters. The Morgan fingerprint density at radius 2 is 2.10 bits per heavy atom. The first kappa shape index (κ1) is 14.0. The van der Waals surface area contributed by atoms with Gasteiger partial charge in [-0.3, -0.25) is 4.98 Å². The molecule has 0 radical (unpaired) electrons. The third-order valence-corrected chi connectivity index (χ3v) is 5.91. The molecule has 0 aliphatic heterocycles. The lowest BCUT2D eigenvalue weighted by Gasteiger charge is -2.44. The second-order valence-electron chi connectivity index (χ2n) is 7.67. The minimum absolute atomic E-state index is 0.138. The molecule has 2 aliphatic rings. The minimum Gasteiger partial charge on any atom is -0.306 e. The lowest BCUT2D eigenvalue weighted by atomic mass is 9.68. The van der Waals surface area contributed by atoms with Crippen molar-refractivity contribution in [1.29, 1.82) is 0 Å². The third kappa shape index (κ3) is 2.07. The summed E-state index contributed by atoms with van der Waals surface area (Å²) in [5.41, 5.74) is 1.65. The zero-order valence-corrected chi connectivity index (χ0v) is 12.9. The predicted octanol–water partition coefficient (Wildman–Crippen LogP) is 4.09. The van der Waals surface area contributed by atoms with Crippen molar-refractivity contribution >= 4 is 0 Å². The number of rotatable bonds is 3. The van der Waals surface area contributed by atoms with Crippen LogP contribution in [0.2, 0.25) is 0 Å². The van der Waals surface area contributed by atoms with Crippen LogP contribution in [0.4, 0.5) is 4.39 Å². The van der Waals surface area contributed by atoms with Gasteiger partial charge in [0.25, 0.3) is 0 Å². The summed E-state index contributed by atoms with van der Waals surface area (Å²) in [6, 6.07) is 2.22. The maximum absolute atomic E-state index is 13.3. The highest BCUT2D eigenvalue weighted by atomic mass is 19.1. The van der Waals surface area contributed by atoms with Crippen LogP contribution >= 0.6 is 0 Å². The summed E-state index contributed by atoms with van der Waals surface area (Å²) < 4.78 is 13.3. The Balaban J connectivity index is 1.80. The Morgan fingerprint density at radius 3 is 2.70 bits per heavy atom. The van der Waals surface area contributed by atoms with Crippen LogP contribution in [-0.2, 0) is 0 Å². The standard InChI is InChI=1S/C17H25FN2/c1-11(12-7-14(18)10-19-9-12)20-15-16(2,3)13-5-6-17(15,4)8-13/h7,9-11,13,15,20H,5-6,8H2,1-4H3. The molecule has 4 atom stereocenters. The normalized spacial score (nSPS) is 36.2. The summed E-state index contributed by atoms with van der Waals surface area (Å²) in [4.78, 5) is 3.97. The van der Waals surface area contributed by atoms with Crippen molar-refractivity contribution in [3.05, 3.63) is 29.8 Å². The van der Waals surface area contributed by atoms with E-state index in [1.54, 1.807) is 12.3 Å². The van der Waals surface area contributed by atoms with Crippen LogP contribution in [0, 0.1) is 22.6 Å². The quantitative estimate of drug-likeness (QED) is 0.899. The van der Waals surface area contributed by atoms with Gasteiger partial charge >= 0.3 is 0 Å². The van der Waals surface area contributed by atoms with Crippen molar-refractivity contribution in [2.24, 2.45) is 16.7 Å². The van der Waals surface area contributed by atoms with Gasteiger partial charge in [-0.15, -0.1) is 0 Å². The van der Waals surface area contributed by atoms with Crippen molar-refractivity contribution in [3.63, 3.8) is 0 Å². The molecular weight excluding hydrogens is 251 g/mol. The summed E-state index contributed by atoms with van der Waals surface area (Å²) in [7, 11) is 0. The second kappa shape index (κ2) is 4.52. The van der Waals surface area contributed by atoms with E-state index in [2.05, 4.69) is 38.0 Å². The molecule has 3 heteroatoms. The lowest BCUT2D eigenvalue weighted by Crippen LogP contribution is -2.51. The molecule has 1 N–H and O–H groups in total. The molecule has 2 bridgehead atoms. The van der Waals surface area contributed by atoms with Crippen molar-refractivity contribution in [1.82, 2.24) is 10.3 Å². The molecule has 3 rings (SSSR count). The molecular formula is C17H25FN2. The average molecular weight is 276 g/mol. The van der Waals surface area contributed by atoms with Crippen LogP contribution in [0.25, 0.3) is 0 Å². The number of halogens is 1. The van der Waals surface area contributed by atoms with E-state index in [4.69, 9.17) is 0 Å². The fourth-order valence-corrected chi connectivity index (χ4v) is 4.73. The molecule has 0 saturated heterocycles. The number of hydrogen-bond donors (Lipinski definition) is 1. The first-order valence-corrected chi connectivity index (χ1v) is 7.69. The number of pyridine rings is 1. The second-order valence-corrected chi connectivity index (χ2v) is 7.67. The van der Waals surface area contributed by atoms with E-state index < -0.39 is 0 Å². The van der Waals surface area contributed by atoms with Gasteiger partial charge < -0.3 is 5.32 Å². The van der Waals surface area contributed by atoms with Crippen LogP contribution in [0.5, 0.6) is 0 Å². The number of nitrogens with one attached hydrogen (secondary N) is 1. The monoisotopic (exact) mass is 276 g/mol. The first-order chi connectivity index (χ1) is 9.33. The molecule has 2 aliphatic carbocycles. The van der Waals surface area contributed by atoms with Crippen molar-refractivity contribution in [3.8, 4) is 0 Å². The number of fused-ring (bicyclic) bond motifs is 2. The van der Waals surface area contributed by atoms with E-state index in [1.165, 1.54) is 25.5 Å². The summed E-state index contributed by atoms with van der Waals surface area (Å²) in [6.07, 6.45) is 7.03. The topological polar surface area (TPSA) is 24.9 Å². The molecule has 2 saturated carbocycles. The third-order valence-electron chi connectivity index (χ3n) is 5.91. The molecule has 1 heterocycles. The zero-order chi connectivity index (χ0) is 14.5. The van der Waals surface area contributed by atoms with Crippen molar-refractivity contribution in [2.75, 3.05) is 0 Å². The Hall–Kier alpha value is -0.960. The molecule has 1 aromatic rings. The summed E-state index contributed by atoms with van der Waals surface area (Å²) in [5, 5.41) is 3.78. The number of hydrogen-bond acceptors (Lipinski definition) is 2. The van der Waals surface area contributed by atoms with Crippen LogP contribution in [0.1, 0.15) is 58.6 Å². The zero-order valence-electron chi connectivity index (χ0n) is 12.9. The van der Waals surface area contributed by atoms with Crippen LogP contribution in [0.3, 0.4) is 0 Å². The molecule has 1 aromatic heterocycles. The highest BCUT2D eigenvalue weighted by Gasteiger charge is 2.59. The maximum atomic E-state index is 13.3. The fourth-order valence-electron chi connectivity index (χ4n) is 4.73. The highest BCUT2D eigenvalue weighted by Crippen LogP contribution is 2.62. The number of nitrogens with zero attached hydrogens (tertiary/aromatic N) is 1. The minimum atomic E-state index is -0.255. The Labute approximate surface area is 121 Å². The largest absolute Gasteiger partial charge is 0.306 e. The van der Waals surface area contributed by atoms with E-state index in [1.807, 2.05) is 0 Å². The van der Waals surface area contributed by atoms with Gasteiger partial charge in [0.15, 0.2) is 0 Å². The summed E-state index contributed by atoms with van der Waals surface area (Å²) in [5.74, 6) is 0.567. The van der Waals surface area contributed by atoms with Gasteiger partial charge in [-0.1, -0.05) is 20.8 Å². The average Bonchev–Trinajstić information content (AvgIpc) is 2.85. The van der Waals surface area contributed by atoms with Crippen LogP contribution in [-0.4, -0.2) is 11.0 Å². The maximum Gasteiger partial charge on any atom is 0.141 e. The SMILES string of the molecule is CC(NC1C2(C)CCC(C2)C1(C)C)c1cncc(F)c1. The summed E-state index contributed by atoms with van der Waals surface area (Å²) >= 11 is 0. The Morgan fingerprint density at radius 1 is 1.35 bits per heavy atom. The van der Waals surface area contributed by atoms with Crippen LogP contribution < -0.4 is 5.32 Å². The molecule has 2 fully saturated rings. The lowest BCUT2D eigenvalue weighted by molar-refractivity contribution is 0.100. The van der Waals surface area contributed by atoms with Gasteiger partial charge in [-0.25, -0.2) is 4.39 Å². The molecule has 0 spiro atoms. The van der Waals surface area contributed by atoms with E-state index >= 15 is 0 Å². The first-order valence-electron chi connectivity index (χ1n) is 7.69. The van der Waals surface area contributed by atoms with Gasteiger partial charge in [0.2, 0.25) is 0 Å². The van der Waals surface area contributed by atoms with E-state index in [0.29, 0.717) is 16.9 Å². The molecule has 0 amide bonds. The predicted molar refractivity (Wildman–Crippen MR) is 78.8 cm³/mol. The number of aromatic nitrogens is 1. The Bertz CT molecular complexity index is 509. The van der Waals surface area contributed by atoms with Crippen LogP contribution in [0.15, 0.2) is 18.5 Å². The Kier molecular flexibility index (Phi) is 3.16. The van der Waals surface area contributed by atoms with E-state index in [0.717, 1.165) is 11.5 Å². The van der Waals surface area contributed by atoms with Gasteiger partial charge in [0, 0.05) is 18.3 Å². The highest BCUT2D eigenvalue weighted by molar-refractivity contribution is 5.18. The fraction of sp³-hybridized carbons (Fsp3) is 0.706. The smallest absolute Gasteiger partial charge is 0.141 e. The van der Waals surface area contributed by atoms with Crippen molar-refractivity contribution in [2.45, 2.75) is 59.0 Å². The molecule has 2 nitrogen and oxygen atoms in total. The summed E-state index contributed by atoms with van der Waals surface area (Å²) in [6.45, 7) is 9.30. The van der Waals surface area contributed by atoms with E-state index in [-0.39, 0.29) is 11.9 Å². The van der Waals surface area contributed by atoms with Gasteiger partial charge in [-0.2, -0.15) is 0 Å². The van der Waals surface area contributed by atoms with Gasteiger partial charge in [-0.05, 0) is 54.6 Å². The molecule has 110 valence electrons. The van der Waals surface area contributed by atoms with E-state index in [9.17, 15) is 4.39 Å². The van der Waals surface area contributed by atoms with Gasteiger partial charge in [0.05, 0.1) is 6.20 Å².